The summed E-state index contributed by atoms with van der Waals surface area (Å²) < 4.78 is 16.0. The van der Waals surface area contributed by atoms with Crippen molar-refractivity contribution in [2.24, 2.45) is 0 Å². The van der Waals surface area contributed by atoms with Crippen LogP contribution in [0.2, 0.25) is 0 Å². The molecule has 1 aromatic rings. The lowest BCUT2D eigenvalue weighted by Gasteiger charge is -2.26. The zero-order chi connectivity index (χ0) is 14.8. The summed E-state index contributed by atoms with van der Waals surface area (Å²) in [6.07, 6.45) is 1.78. The van der Waals surface area contributed by atoms with Crippen molar-refractivity contribution in [2.45, 2.75) is 6.54 Å². The molecule has 6 nitrogen and oxygen atoms in total. The third-order valence-corrected chi connectivity index (χ3v) is 3.37. The number of nitrogens with zero attached hydrogens (tertiary/aromatic N) is 2. The Labute approximate surface area is 126 Å². The molecule has 0 unspecified atom stereocenters. The van der Waals surface area contributed by atoms with Gasteiger partial charge in [-0.2, -0.15) is 0 Å². The van der Waals surface area contributed by atoms with Gasteiger partial charge in [0, 0.05) is 39.8 Å². The van der Waals surface area contributed by atoms with Gasteiger partial charge in [-0.15, -0.1) is 0 Å². The molecule has 21 heavy (non-hydrogen) atoms. The van der Waals surface area contributed by atoms with Crippen molar-refractivity contribution < 1.29 is 14.2 Å². The Balaban J connectivity index is 1.62. The van der Waals surface area contributed by atoms with Gasteiger partial charge in [-0.3, -0.25) is 9.88 Å². The predicted octanol–water partition coefficient (Wildman–Crippen LogP) is 0.529. The fourth-order valence-electron chi connectivity index (χ4n) is 2.11. The number of pyridine rings is 1. The minimum atomic E-state index is 0.688. The van der Waals surface area contributed by atoms with Gasteiger partial charge >= 0.3 is 0 Å². The second-order valence-corrected chi connectivity index (χ2v) is 4.96. The molecule has 2 heterocycles. The number of aromatic nitrogens is 1. The number of methoxy groups -OCH3 is 1. The summed E-state index contributed by atoms with van der Waals surface area (Å²) in [5.41, 5.74) is 1.01. The van der Waals surface area contributed by atoms with E-state index in [0.717, 1.165) is 57.4 Å². The van der Waals surface area contributed by atoms with E-state index < -0.39 is 0 Å². The highest BCUT2D eigenvalue weighted by atomic mass is 16.5. The van der Waals surface area contributed by atoms with Crippen molar-refractivity contribution in [3.05, 3.63) is 24.0 Å². The van der Waals surface area contributed by atoms with Gasteiger partial charge in [-0.05, 0) is 12.1 Å². The Morgan fingerprint density at radius 1 is 1.29 bits per heavy atom. The Hall–Kier alpha value is -1.21. The van der Waals surface area contributed by atoms with Crippen LogP contribution in [0.25, 0.3) is 0 Å². The van der Waals surface area contributed by atoms with Crippen LogP contribution in [0.5, 0.6) is 5.75 Å². The first kappa shape index (κ1) is 16.2. The molecule has 1 fully saturated rings. The molecule has 0 amide bonds. The van der Waals surface area contributed by atoms with E-state index in [9.17, 15) is 0 Å². The Kier molecular flexibility index (Phi) is 7.45. The van der Waals surface area contributed by atoms with Crippen LogP contribution in [0.1, 0.15) is 5.69 Å². The highest BCUT2D eigenvalue weighted by molar-refractivity contribution is 5.19. The summed E-state index contributed by atoms with van der Waals surface area (Å²) in [5, 5.41) is 3.26. The maximum atomic E-state index is 5.72. The van der Waals surface area contributed by atoms with Gasteiger partial charge in [0.1, 0.15) is 12.4 Å². The van der Waals surface area contributed by atoms with Crippen molar-refractivity contribution in [3.8, 4) is 5.75 Å². The maximum Gasteiger partial charge on any atom is 0.137 e. The fraction of sp³-hybridized carbons (Fsp3) is 0.667. The molecule has 0 aliphatic carbocycles. The van der Waals surface area contributed by atoms with E-state index in [2.05, 4.69) is 15.2 Å². The highest BCUT2D eigenvalue weighted by Crippen LogP contribution is 2.09. The van der Waals surface area contributed by atoms with Crippen molar-refractivity contribution in [3.63, 3.8) is 0 Å². The third kappa shape index (κ3) is 6.39. The summed E-state index contributed by atoms with van der Waals surface area (Å²) in [5.74, 6) is 0.823. The van der Waals surface area contributed by atoms with Crippen LogP contribution in [0.4, 0.5) is 0 Å². The number of nitrogens with one attached hydrogen (secondary N) is 1. The van der Waals surface area contributed by atoms with Crippen molar-refractivity contribution in [1.82, 2.24) is 15.2 Å². The molecule has 1 aliphatic heterocycles. The topological polar surface area (TPSA) is 55.8 Å². The lowest BCUT2D eigenvalue weighted by Crippen LogP contribution is -2.38. The molecule has 0 spiro atoms. The van der Waals surface area contributed by atoms with E-state index in [1.807, 2.05) is 12.1 Å². The maximum absolute atomic E-state index is 5.72. The lowest BCUT2D eigenvalue weighted by atomic mass is 10.3. The molecule has 0 saturated carbocycles. The molecule has 0 bridgehead atoms. The lowest BCUT2D eigenvalue weighted by molar-refractivity contribution is 0.0322. The van der Waals surface area contributed by atoms with E-state index in [1.165, 1.54) is 0 Å². The summed E-state index contributed by atoms with van der Waals surface area (Å²) in [6.45, 7) is 7.55. The molecule has 0 aromatic carbocycles. The average molecular weight is 295 g/mol. The van der Waals surface area contributed by atoms with E-state index in [-0.39, 0.29) is 0 Å². The number of rotatable bonds is 9. The van der Waals surface area contributed by atoms with Crippen molar-refractivity contribution in [1.29, 1.82) is 0 Å². The molecular formula is C15H25N3O3. The number of hydrogen-bond acceptors (Lipinski definition) is 6. The first-order chi connectivity index (χ1) is 10.4. The van der Waals surface area contributed by atoms with Gasteiger partial charge in [0.15, 0.2) is 0 Å². The van der Waals surface area contributed by atoms with Crippen LogP contribution in [0.15, 0.2) is 18.3 Å². The third-order valence-electron chi connectivity index (χ3n) is 3.37. The second-order valence-electron chi connectivity index (χ2n) is 4.96. The summed E-state index contributed by atoms with van der Waals surface area (Å²) in [7, 11) is 1.70. The SMILES string of the molecule is COCCNCc1ccc(OCCN2CCOCC2)cn1. The van der Waals surface area contributed by atoms with Gasteiger partial charge in [-0.25, -0.2) is 0 Å². The smallest absolute Gasteiger partial charge is 0.137 e. The molecule has 6 heteroatoms. The van der Waals surface area contributed by atoms with Gasteiger partial charge in [-0.1, -0.05) is 0 Å². The average Bonchev–Trinajstić information content (AvgIpc) is 2.54. The van der Waals surface area contributed by atoms with Crippen LogP contribution in [-0.2, 0) is 16.0 Å². The second kappa shape index (κ2) is 9.68. The number of ether oxygens (including phenoxy) is 3. The first-order valence-corrected chi connectivity index (χ1v) is 7.46. The molecule has 1 N–H and O–H groups in total. The van der Waals surface area contributed by atoms with E-state index in [4.69, 9.17) is 14.2 Å². The largest absolute Gasteiger partial charge is 0.491 e. The van der Waals surface area contributed by atoms with Gasteiger partial charge < -0.3 is 19.5 Å². The van der Waals surface area contributed by atoms with Gasteiger partial charge in [0.05, 0.1) is 31.7 Å². The summed E-state index contributed by atoms with van der Waals surface area (Å²) in [4.78, 5) is 6.73. The Morgan fingerprint density at radius 2 is 2.14 bits per heavy atom. The molecule has 1 aromatic heterocycles. The van der Waals surface area contributed by atoms with Crippen LogP contribution in [0.3, 0.4) is 0 Å². The minimum Gasteiger partial charge on any atom is -0.491 e. The van der Waals surface area contributed by atoms with E-state index >= 15 is 0 Å². The number of morpholine rings is 1. The van der Waals surface area contributed by atoms with E-state index in [1.54, 1.807) is 13.3 Å². The quantitative estimate of drug-likeness (QED) is 0.671. The minimum absolute atomic E-state index is 0.688. The Bertz CT molecular complexity index is 380. The first-order valence-electron chi connectivity index (χ1n) is 7.46. The monoisotopic (exact) mass is 295 g/mol. The van der Waals surface area contributed by atoms with Crippen LogP contribution in [-0.4, -0.2) is 69.6 Å². The molecule has 1 aliphatic rings. The predicted molar refractivity (Wildman–Crippen MR) is 80.6 cm³/mol. The fourth-order valence-corrected chi connectivity index (χ4v) is 2.11. The van der Waals surface area contributed by atoms with Crippen LogP contribution < -0.4 is 10.1 Å². The zero-order valence-electron chi connectivity index (χ0n) is 12.7. The van der Waals surface area contributed by atoms with E-state index in [0.29, 0.717) is 13.2 Å². The van der Waals surface area contributed by atoms with Gasteiger partial charge in [0.25, 0.3) is 0 Å². The Morgan fingerprint density at radius 3 is 2.86 bits per heavy atom. The van der Waals surface area contributed by atoms with Crippen LogP contribution in [0, 0.1) is 0 Å². The molecule has 2 rings (SSSR count). The number of hydrogen-bond donors (Lipinski definition) is 1. The zero-order valence-corrected chi connectivity index (χ0v) is 12.7. The normalized spacial score (nSPS) is 16.0. The van der Waals surface area contributed by atoms with Crippen molar-refractivity contribution >= 4 is 0 Å². The molecule has 1 saturated heterocycles. The standard InChI is InChI=1S/C15H25N3O3/c1-19-8-4-16-12-14-2-3-15(13-17-14)21-11-7-18-5-9-20-10-6-18/h2-3,13,16H,4-12H2,1H3. The highest BCUT2D eigenvalue weighted by Gasteiger charge is 2.09. The molecular weight excluding hydrogens is 270 g/mol. The molecule has 118 valence electrons. The summed E-state index contributed by atoms with van der Waals surface area (Å²) in [6, 6.07) is 3.96. The molecule has 0 radical (unpaired) electrons. The molecule has 0 atom stereocenters. The summed E-state index contributed by atoms with van der Waals surface area (Å²) >= 11 is 0. The van der Waals surface area contributed by atoms with Gasteiger partial charge in [0.2, 0.25) is 0 Å². The van der Waals surface area contributed by atoms with Crippen LogP contribution >= 0.6 is 0 Å². The van der Waals surface area contributed by atoms with Crippen molar-refractivity contribution in [2.75, 3.05) is 59.7 Å².